The van der Waals surface area contributed by atoms with Gasteiger partial charge in [0, 0.05) is 11.6 Å². The summed E-state index contributed by atoms with van der Waals surface area (Å²) in [4.78, 5) is 12.2. The van der Waals surface area contributed by atoms with Crippen molar-refractivity contribution >= 4 is 27.5 Å². The second kappa shape index (κ2) is 7.04. The molecule has 4 heteroatoms. The smallest absolute Gasteiger partial charge is 0.227 e. The number of carbonyl (C=O) groups excluding carboxylic acids is 1. The average Bonchev–Trinajstić information content (AvgIpc) is 2.33. The van der Waals surface area contributed by atoms with E-state index in [1.54, 1.807) is 12.1 Å². The van der Waals surface area contributed by atoms with Gasteiger partial charge < -0.3 is 5.32 Å². The van der Waals surface area contributed by atoms with Crippen LogP contribution in [0, 0.1) is 11.7 Å². The fourth-order valence-corrected chi connectivity index (χ4v) is 2.78. The van der Waals surface area contributed by atoms with E-state index in [9.17, 15) is 9.18 Å². The quantitative estimate of drug-likeness (QED) is 0.823. The zero-order valence-electron chi connectivity index (χ0n) is 10.9. The van der Waals surface area contributed by atoms with E-state index in [2.05, 4.69) is 21.2 Å². The molecule has 19 heavy (non-hydrogen) atoms. The Morgan fingerprint density at radius 1 is 1.16 bits per heavy atom. The number of rotatable bonds is 2. The van der Waals surface area contributed by atoms with E-state index >= 15 is 0 Å². The molecule has 1 aromatic rings. The maximum atomic E-state index is 13.4. The van der Waals surface area contributed by atoms with Gasteiger partial charge >= 0.3 is 0 Å². The van der Waals surface area contributed by atoms with E-state index in [0.29, 0.717) is 10.2 Å². The summed E-state index contributed by atoms with van der Waals surface area (Å²) in [5.41, 5.74) is 0.535. The lowest BCUT2D eigenvalue weighted by Crippen LogP contribution is -2.23. The fourth-order valence-electron chi connectivity index (χ4n) is 2.54. The minimum Gasteiger partial charge on any atom is -0.326 e. The maximum absolute atomic E-state index is 13.4. The van der Waals surface area contributed by atoms with Crippen molar-refractivity contribution < 1.29 is 9.18 Å². The highest BCUT2D eigenvalue weighted by atomic mass is 79.9. The number of hydrogen-bond acceptors (Lipinski definition) is 1. The van der Waals surface area contributed by atoms with Gasteiger partial charge in [-0.05, 0) is 47.0 Å². The lowest BCUT2D eigenvalue weighted by atomic mass is 9.90. The first kappa shape index (κ1) is 14.5. The maximum Gasteiger partial charge on any atom is 0.227 e. The van der Waals surface area contributed by atoms with E-state index in [1.807, 2.05) is 0 Å². The van der Waals surface area contributed by atoms with Crippen molar-refractivity contribution in [3.05, 3.63) is 28.5 Å². The van der Waals surface area contributed by atoms with Crippen LogP contribution in [0.15, 0.2) is 22.7 Å². The van der Waals surface area contributed by atoms with Crippen LogP contribution in [0.3, 0.4) is 0 Å². The molecule has 1 aliphatic rings. The van der Waals surface area contributed by atoms with Crippen molar-refractivity contribution in [3.63, 3.8) is 0 Å². The van der Waals surface area contributed by atoms with E-state index in [0.717, 1.165) is 25.7 Å². The lowest BCUT2D eigenvalue weighted by Gasteiger charge is -2.19. The predicted molar refractivity (Wildman–Crippen MR) is 78.5 cm³/mol. The van der Waals surface area contributed by atoms with Gasteiger partial charge in [0.15, 0.2) is 0 Å². The fraction of sp³-hybridized carbons (Fsp3) is 0.533. The van der Waals surface area contributed by atoms with Gasteiger partial charge in [0.1, 0.15) is 5.82 Å². The lowest BCUT2D eigenvalue weighted by molar-refractivity contribution is -0.120. The molecule has 1 amide bonds. The zero-order chi connectivity index (χ0) is 13.7. The monoisotopic (exact) mass is 327 g/mol. The summed E-state index contributed by atoms with van der Waals surface area (Å²) in [7, 11) is 0. The summed E-state index contributed by atoms with van der Waals surface area (Å²) in [5, 5.41) is 2.83. The third-order valence-electron chi connectivity index (χ3n) is 3.66. The third kappa shape index (κ3) is 4.30. The molecule has 0 aromatic heterocycles. The van der Waals surface area contributed by atoms with Crippen LogP contribution in [0.4, 0.5) is 10.1 Å². The predicted octanol–water partition coefficient (Wildman–Crippen LogP) is 4.89. The molecular weight excluding hydrogens is 309 g/mol. The topological polar surface area (TPSA) is 29.1 Å². The normalized spacial score (nSPS) is 17.6. The van der Waals surface area contributed by atoms with Crippen molar-refractivity contribution in [1.82, 2.24) is 0 Å². The molecule has 0 heterocycles. The molecule has 0 aliphatic heterocycles. The van der Waals surface area contributed by atoms with Crippen LogP contribution in [0.25, 0.3) is 0 Å². The SMILES string of the molecule is O=C(Nc1ccc(Br)c(F)c1)C1CCCCCCC1. The van der Waals surface area contributed by atoms with Gasteiger partial charge in [-0.25, -0.2) is 4.39 Å². The van der Waals surface area contributed by atoms with Gasteiger partial charge in [-0.2, -0.15) is 0 Å². The molecule has 0 radical (unpaired) electrons. The van der Waals surface area contributed by atoms with Crippen LogP contribution in [0.5, 0.6) is 0 Å². The van der Waals surface area contributed by atoms with Crippen molar-refractivity contribution in [2.45, 2.75) is 44.9 Å². The third-order valence-corrected chi connectivity index (χ3v) is 4.31. The van der Waals surface area contributed by atoms with E-state index < -0.39 is 0 Å². The first-order chi connectivity index (χ1) is 9.16. The molecule has 2 rings (SSSR count). The molecule has 0 unspecified atom stereocenters. The molecule has 0 atom stereocenters. The Labute approximate surface area is 121 Å². The number of hydrogen-bond donors (Lipinski definition) is 1. The largest absolute Gasteiger partial charge is 0.326 e. The summed E-state index contributed by atoms with van der Waals surface area (Å²) in [5.74, 6) is -0.244. The minimum absolute atomic E-state index is 0.0311. The van der Waals surface area contributed by atoms with Crippen LogP contribution < -0.4 is 5.32 Å². The van der Waals surface area contributed by atoms with E-state index in [1.165, 1.54) is 25.3 Å². The molecule has 1 saturated carbocycles. The number of nitrogens with one attached hydrogen (secondary N) is 1. The second-order valence-electron chi connectivity index (χ2n) is 5.16. The van der Waals surface area contributed by atoms with Crippen LogP contribution >= 0.6 is 15.9 Å². The number of halogens is 2. The van der Waals surface area contributed by atoms with Crippen molar-refractivity contribution in [2.75, 3.05) is 5.32 Å². The van der Waals surface area contributed by atoms with Crippen LogP contribution in [0.2, 0.25) is 0 Å². The Balaban J connectivity index is 1.96. The Kier molecular flexibility index (Phi) is 5.37. The molecule has 0 saturated heterocycles. The van der Waals surface area contributed by atoms with Gasteiger partial charge in [-0.15, -0.1) is 0 Å². The molecule has 104 valence electrons. The van der Waals surface area contributed by atoms with Crippen LogP contribution in [-0.2, 0) is 4.79 Å². The van der Waals surface area contributed by atoms with Gasteiger partial charge in [0.05, 0.1) is 4.47 Å². The molecular formula is C15H19BrFNO. The van der Waals surface area contributed by atoms with Gasteiger partial charge in [0.25, 0.3) is 0 Å². The Morgan fingerprint density at radius 2 is 1.79 bits per heavy atom. The number of anilines is 1. The zero-order valence-corrected chi connectivity index (χ0v) is 12.5. The van der Waals surface area contributed by atoms with Crippen LogP contribution in [0.1, 0.15) is 44.9 Å². The van der Waals surface area contributed by atoms with E-state index in [-0.39, 0.29) is 17.6 Å². The summed E-state index contributed by atoms with van der Waals surface area (Å²) in [6, 6.07) is 4.68. The Bertz CT molecular complexity index is 442. The first-order valence-corrected chi connectivity index (χ1v) is 7.72. The van der Waals surface area contributed by atoms with E-state index in [4.69, 9.17) is 0 Å². The summed E-state index contributed by atoms with van der Waals surface area (Å²) >= 11 is 3.10. The highest BCUT2D eigenvalue weighted by Gasteiger charge is 2.19. The van der Waals surface area contributed by atoms with Crippen molar-refractivity contribution in [3.8, 4) is 0 Å². The highest BCUT2D eigenvalue weighted by molar-refractivity contribution is 9.10. The number of benzene rings is 1. The summed E-state index contributed by atoms with van der Waals surface area (Å²) in [6.07, 6.45) is 7.86. The number of amides is 1. The summed E-state index contributed by atoms with van der Waals surface area (Å²) in [6.45, 7) is 0. The van der Waals surface area contributed by atoms with Gasteiger partial charge in [-0.1, -0.05) is 32.1 Å². The Morgan fingerprint density at radius 3 is 2.42 bits per heavy atom. The Hall–Kier alpha value is -0.900. The standard InChI is InChI=1S/C15H19BrFNO/c16-13-9-8-12(10-14(13)17)18-15(19)11-6-4-2-1-3-5-7-11/h8-11H,1-7H2,(H,18,19). The first-order valence-electron chi connectivity index (χ1n) is 6.93. The molecule has 1 aromatic carbocycles. The van der Waals surface area contributed by atoms with Gasteiger partial charge in [-0.3, -0.25) is 4.79 Å². The van der Waals surface area contributed by atoms with Crippen molar-refractivity contribution in [1.29, 1.82) is 0 Å². The highest BCUT2D eigenvalue weighted by Crippen LogP contribution is 2.25. The second-order valence-corrected chi connectivity index (χ2v) is 6.01. The van der Waals surface area contributed by atoms with Crippen LogP contribution in [-0.4, -0.2) is 5.91 Å². The molecule has 0 bridgehead atoms. The molecule has 1 fully saturated rings. The molecule has 2 nitrogen and oxygen atoms in total. The molecule has 0 spiro atoms. The minimum atomic E-state index is -0.351. The molecule has 1 N–H and O–H groups in total. The van der Waals surface area contributed by atoms with Crippen molar-refractivity contribution in [2.24, 2.45) is 5.92 Å². The molecule has 1 aliphatic carbocycles. The summed E-state index contributed by atoms with van der Waals surface area (Å²) < 4.78 is 13.8. The van der Waals surface area contributed by atoms with Gasteiger partial charge in [0.2, 0.25) is 5.91 Å². The average molecular weight is 328 g/mol. The number of carbonyl (C=O) groups is 1.